The molecule has 0 spiro atoms. The average molecular weight is 282 g/mol. The summed E-state index contributed by atoms with van der Waals surface area (Å²) in [5, 5.41) is 0. The normalized spacial score (nSPS) is 19.3. The zero-order chi connectivity index (χ0) is 14.0. The van der Waals surface area contributed by atoms with E-state index in [-0.39, 0.29) is 16.7 Å². The van der Waals surface area contributed by atoms with Crippen LogP contribution in [0.25, 0.3) is 0 Å². The van der Waals surface area contributed by atoms with Crippen molar-refractivity contribution in [2.24, 2.45) is 5.73 Å². The summed E-state index contributed by atoms with van der Waals surface area (Å²) in [4.78, 5) is 14.2. The van der Waals surface area contributed by atoms with Crippen LogP contribution >= 0.6 is 12.2 Å². The van der Waals surface area contributed by atoms with Crippen molar-refractivity contribution in [3.8, 4) is 0 Å². The second-order valence-corrected chi connectivity index (χ2v) is 4.95. The molecule has 1 heterocycles. The van der Waals surface area contributed by atoms with E-state index in [1.54, 1.807) is 17.9 Å². The summed E-state index contributed by atoms with van der Waals surface area (Å²) in [7, 11) is 0. The van der Waals surface area contributed by atoms with Gasteiger partial charge >= 0.3 is 0 Å². The molecule has 1 unspecified atom stereocenters. The van der Waals surface area contributed by atoms with Crippen molar-refractivity contribution in [1.29, 1.82) is 0 Å². The largest absolute Gasteiger partial charge is 0.391 e. The van der Waals surface area contributed by atoms with Crippen LogP contribution < -0.4 is 5.73 Å². The number of benzene rings is 1. The molecule has 0 bridgehead atoms. The number of carbonyl (C=O) groups excluding carboxylic acids is 1. The molecule has 0 radical (unpaired) electrons. The lowest BCUT2D eigenvalue weighted by Gasteiger charge is -2.32. The van der Waals surface area contributed by atoms with Gasteiger partial charge < -0.3 is 15.4 Å². The van der Waals surface area contributed by atoms with Crippen LogP contribution in [0.1, 0.15) is 15.9 Å². The molecule has 19 heavy (non-hydrogen) atoms. The monoisotopic (exact) mass is 282 g/mol. The Bertz CT molecular complexity index is 521. The summed E-state index contributed by atoms with van der Waals surface area (Å²) < 4.78 is 18.6. The van der Waals surface area contributed by atoms with Crippen LogP contribution in [0, 0.1) is 12.7 Å². The quantitative estimate of drug-likeness (QED) is 0.830. The topological polar surface area (TPSA) is 55.6 Å². The Labute approximate surface area is 116 Å². The van der Waals surface area contributed by atoms with E-state index >= 15 is 0 Å². The Morgan fingerprint density at radius 3 is 2.95 bits per heavy atom. The van der Waals surface area contributed by atoms with Gasteiger partial charge in [-0.3, -0.25) is 4.79 Å². The van der Waals surface area contributed by atoms with E-state index in [1.165, 1.54) is 12.1 Å². The molecule has 0 aliphatic carbocycles. The number of amides is 1. The predicted octanol–water partition coefficient (Wildman–Crippen LogP) is 1.26. The number of rotatable bonds is 2. The van der Waals surface area contributed by atoms with Crippen molar-refractivity contribution < 1.29 is 13.9 Å². The number of thiocarbonyl (C=S) groups is 1. The molecule has 2 N–H and O–H groups in total. The summed E-state index contributed by atoms with van der Waals surface area (Å²) in [5.74, 6) is -0.479. The Balaban J connectivity index is 2.14. The highest BCUT2D eigenvalue weighted by molar-refractivity contribution is 7.80. The number of ether oxygens (including phenoxy) is 1. The lowest BCUT2D eigenvalue weighted by molar-refractivity contribution is 0.00878. The van der Waals surface area contributed by atoms with E-state index in [0.717, 1.165) is 0 Å². The van der Waals surface area contributed by atoms with Gasteiger partial charge in [-0.25, -0.2) is 4.39 Å². The molecule has 102 valence electrons. The number of nitrogens with two attached hydrogens (primary N) is 1. The number of carbonyl (C=O) groups is 1. The number of hydrogen-bond donors (Lipinski definition) is 1. The Morgan fingerprint density at radius 1 is 1.58 bits per heavy atom. The third-order valence-electron chi connectivity index (χ3n) is 3.08. The molecule has 1 atom stereocenters. The zero-order valence-electron chi connectivity index (χ0n) is 10.6. The van der Waals surface area contributed by atoms with Gasteiger partial charge in [0.2, 0.25) is 0 Å². The maximum absolute atomic E-state index is 13.2. The van der Waals surface area contributed by atoms with Crippen molar-refractivity contribution >= 4 is 23.1 Å². The van der Waals surface area contributed by atoms with Crippen LogP contribution in [-0.4, -0.2) is 41.6 Å². The van der Waals surface area contributed by atoms with Crippen molar-refractivity contribution in [3.05, 3.63) is 35.1 Å². The fraction of sp³-hybridized carbons (Fsp3) is 0.385. The van der Waals surface area contributed by atoms with Crippen molar-refractivity contribution in [2.75, 3.05) is 19.7 Å². The first-order valence-electron chi connectivity index (χ1n) is 5.95. The molecule has 1 aliphatic heterocycles. The van der Waals surface area contributed by atoms with Gasteiger partial charge in [-0.05, 0) is 30.7 Å². The van der Waals surface area contributed by atoms with Crippen molar-refractivity contribution in [2.45, 2.75) is 13.0 Å². The zero-order valence-corrected chi connectivity index (χ0v) is 11.4. The first-order chi connectivity index (χ1) is 8.99. The average Bonchev–Trinajstić information content (AvgIpc) is 2.41. The van der Waals surface area contributed by atoms with Gasteiger partial charge in [-0.15, -0.1) is 0 Å². The Morgan fingerprint density at radius 2 is 2.32 bits per heavy atom. The van der Waals surface area contributed by atoms with Gasteiger partial charge in [0.1, 0.15) is 16.9 Å². The standard InChI is InChI=1S/C13H15FN2O2S/c1-8-6-9(2-3-10(8)14)13(17)16-4-5-18-11(7-16)12(15)19/h2-3,6,11H,4-5,7H2,1H3,(H2,15,19). The van der Waals surface area contributed by atoms with Gasteiger partial charge in [0.05, 0.1) is 13.2 Å². The maximum atomic E-state index is 13.2. The summed E-state index contributed by atoms with van der Waals surface area (Å²) in [6, 6.07) is 4.33. The van der Waals surface area contributed by atoms with Crippen LogP contribution in [-0.2, 0) is 4.74 Å². The fourth-order valence-corrected chi connectivity index (χ4v) is 2.11. The molecule has 4 nitrogen and oxygen atoms in total. The molecule has 2 rings (SSSR count). The van der Waals surface area contributed by atoms with E-state index in [0.29, 0.717) is 30.8 Å². The second-order valence-electron chi connectivity index (χ2n) is 4.48. The molecule has 6 heteroatoms. The van der Waals surface area contributed by atoms with Gasteiger partial charge in [-0.2, -0.15) is 0 Å². The molecule has 1 saturated heterocycles. The lowest BCUT2D eigenvalue weighted by Crippen LogP contribution is -2.49. The summed E-state index contributed by atoms with van der Waals surface area (Å²) in [6.07, 6.45) is -0.408. The first kappa shape index (κ1) is 13.9. The number of halogens is 1. The minimum Gasteiger partial charge on any atom is -0.391 e. The number of hydrogen-bond acceptors (Lipinski definition) is 3. The lowest BCUT2D eigenvalue weighted by atomic mass is 10.1. The third kappa shape index (κ3) is 3.08. The van der Waals surface area contributed by atoms with E-state index in [9.17, 15) is 9.18 Å². The van der Waals surface area contributed by atoms with Crippen molar-refractivity contribution in [1.82, 2.24) is 4.90 Å². The fourth-order valence-electron chi connectivity index (χ4n) is 1.97. The maximum Gasteiger partial charge on any atom is 0.254 e. The van der Waals surface area contributed by atoms with Crippen LogP contribution in [0.5, 0.6) is 0 Å². The summed E-state index contributed by atoms with van der Waals surface area (Å²) >= 11 is 4.87. The van der Waals surface area contributed by atoms with E-state index in [2.05, 4.69) is 0 Å². The Kier molecular flexibility index (Phi) is 4.11. The van der Waals surface area contributed by atoms with Crippen LogP contribution in [0.3, 0.4) is 0 Å². The SMILES string of the molecule is Cc1cc(C(=O)N2CCOC(C(N)=S)C2)ccc1F. The molecule has 1 aromatic carbocycles. The predicted molar refractivity (Wildman–Crippen MR) is 73.6 cm³/mol. The molecule has 1 amide bonds. The van der Waals surface area contributed by atoms with Gasteiger partial charge in [0, 0.05) is 12.1 Å². The van der Waals surface area contributed by atoms with Crippen LogP contribution in [0.2, 0.25) is 0 Å². The molecule has 1 aliphatic rings. The summed E-state index contributed by atoms with van der Waals surface area (Å²) in [5.41, 5.74) is 6.44. The first-order valence-corrected chi connectivity index (χ1v) is 6.36. The van der Waals surface area contributed by atoms with Gasteiger partial charge in [0.15, 0.2) is 0 Å². The van der Waals surface area contributed by atoms with E-state index in [1.807, 2.05) is 0 Å². The molecular weight excluding hydrogens is 267 g/mol. The van der Waals surface area contributed by atoms with Crippen LogP contribution in [0.15, 0.2) is 18.2 Å². The smallest absolute Gasteiger partial charge is 0.254 e. The molecule has 0 aromatic heterocycles. The summed E-state index contributed by atoms with van der Waals surface area (Å²) in [6.45, 7) is 2.84. The molecular formula is C13H15FN2O2S. The molecule has 0 saturated carbocycles. The highest BCUT2D eigenvalue weighted by Gasteiger charge is 2.26. The molecule has 1 aromatic rings. The molecule has 1 fully saturated rings. The third-order valence-corrected chi connectivity index (χ3v) is 3.34. The number of morpholine rings is 1. The number of nitrogens with zero attached hydrogens (tertiary/aromatic N) is 1. The van der Waals surface area contributed by atoms with E-state index < -0.39 is 6.10 Å². The highest BCUT2D eigenvalue weighted by atomic mass is 32.1. The van der Waals surface area contributed by atoms with Crippen LogP contribution in [0.4, 0.5) is 4.39 Å². The second kappa shape index (κ2) is 5.63. The van der Waals surface area contributed by atoms with E-state index in [4.69, 9.17) is 22.7 Å². The minimum absolute atomic E-state index is 0.160. The van der Waals surface area contributed by atoms with Gasteiger partial charge in [-0.1, -0.05) is 12.2 Å². The number of aryl methyl sites for hydroxylation is 1. The van der Waals surface area contributed by atoms with Crippen molar-refractivity contribution in [3.63, 3.8) is 0 Å². The van der Waals surface area contributed by atoms with Gasteiger partial charge in [0.25, 0.3) is 5.91 Å². The minimum atomic E-state index is -0.408. The Hall–Kier alpha value is -1.53. The highest BCUT2D eigenvalue weighted by Crippen LogP contribution is 2.14.